The molecular weight excluding hydrogens is 459 g/mol. The van der Waals surface area contributed by atoms with E-state index < -0.39 is 5.91 Å². The molecule has 0 fully saturated rings. The van der Waals surface area contributed by atoms with E-state index in [1.54, 1.807) is 36.4 Å². The van der Waals surface area contributed by atoms with Gasteiger partial charge >= 0.3 is 0 Å². The maximum absolute atomic E-state index is 12.3. The lowest BCUT2D eigenvalue weighted by Crippen LogP contribution is -2.35. The molecule has 2 aliphatic rings. The highest BCUT2D eigenvalue weighted by Crippen LogP contribution is 2.29. The Kier molecular flexibility index (Phi) is 6.31. The van der Waals surface area contributed by atoms with E-state index >= 15 is 0 Å². The highest BCUT2D eigenvalue weighted by molar-refractivity contribution is 8.25. The largest absolute Gasteiger partial charge is 0.490 e. The monoisotopic (exact) mass is 474 g/mol. The fourth-order valence-corrected chi connectivity index (χ4v) is 3.82. The number of hydrogen-bond acceptors (Lipinski definition) is 6. The summed E-state index contributed by atoms with van der Waals surface area (Å²) in [5.74, 6) is 0.692. The molecule has 0 radical (unpaired) electrons. The smallest absolute Gasteiger partial charge is 0.283 e. The first kappa shape index (κ1) is 21.4. The van der Waals surface area contributed by atoms with E-state index in [-0.39, 0.29) is 11.4 Å². The summed E-state index contributed by atoms with van der Waals surface area (Å²) in [6, 6.07) is 10.6. The number of halogens is 2. The molecule has 0 aliphatic carbocycles. The predicted octanol–water partition coefficient (Wildman–Crippen LogP) is 5.01. The van der Waals surface area contributed by atoms with Gasteiger partial charge in [0.25, 0.3) is 5.91 Å². The first-order chi connectivity index (χ1) is 14.9. The molecule has 7 nitrogen and oxygen atoms in total. The third kappa shape index (κ3) is 4.76. The average molecular weight is 475 g/mol. The maximum atomic E-state index is 12.3. The summed E-state index contributed by atoms with van der Waals surface area (Å²) < 4.78 is 11.3. The number of nitrogens with zero attached hydrogens (tertiary/aromatic N) is 3. The Hall–Kier alpha value is -2.81. The second kappa shape index (κ2) is 9.13. The summed E-state index contributed by atoms with van der Waals surface area (Å²) in [6.07, 6.45) is 1.56. The first-order valence-corrected chi connectivity index (χ1v) is 10.8. The van der Waals surface area contributed by atoms with Gasteiger partial charge in [-0.2, -0.15) is 15.1 Å². The van der Waals surface area contributed by atoms with Crippen molar-refractivity contribution in [3.63, 3.8) is 0 Å². The average Bonchev–Trinajstić information content (AvgIpc) is 3.21. The summed E-state index contributed by atoms with van der Waals surface area (Å²) in [6.45, 7) is 2.55. The molecular formula is C21H16Cl2N4O3S. The van der Waals surface area contributed by atoms with Crippen LogP contribution in [0.25, 0.3) is 6.08 Å². The van der Waals surface area contributed by atoms with Gasteiger partial charge in [-0.25, -0.2) is 0 Å². The lowest BCUT2D eigenvalue weighted by atomic mass is 10.1. The molecule has 31 heavy (non-hydrogen) atoms. The van der Waals surface area contributed by atoms with Crippen LogP contribution in [0.2, 0.25) is 10.0 Å². The molecule has 158 valence electrons. The van der Waals surface area contributed by atoms with E-state index in [1.165, 1.54) is 22.3 Å². The summed E-state index contributed by atoms with van der Waals surface area (Å²) in [5, 5.41) is 15.0. The van der Waals surface area contributed by atoms with Gasteiger partial charge in [0, 0.05) is 5.02 Å². The zero-order valence-corrected chi connectivity index (χ0v) is 18.6. The van der Waals surface area contributed by atoms with Crippen molar-refractivity contribution in [1.29, 1.82) is 5.41 Å². The summed E-state index contributed by atoms with van der Waals surface area (Å²) in [4.78, 5) is 16.2. The minimum absolute atomic E-state index is 0.0257. The Labute approximate surface area is 192 Å². The second-order valence-electron chi connectivity index (χ2n) is 6.55. The van der Waals surface area contributed by atoms with Gasteiger partial charge in [-0.05, 0) is 66.2 Å². The van der Waals surface area contributed by atoms with Gasteiger partial charge in [-0.3, -0.25) is 10.2 Å². The van der Waals surface area contributed by atoms with Crippen molar-refractivity contribution in [2.45, 2.75) is 6.92 Å². The van der Waals surface area contributed by atoms with Gasteiger partial charge in [0.05, 0.1) is 16.1 Å². The normalized spacial score (nSPS) is 16.5. The number of amides is 1. The number of ether oxygens (including phenoxy) is 2. The molecule has 2 aromatic carbocycles. The van der Waals surface area contributed by atoms with Crippen LogP contribution in [0.1, 0.15) is 11.1 Å². The van der Waals surface area contributed by atoms with Crippen molar-refractivity contribution in [3.8, 4) is 11.5 Å². The van der Waals surface area contributed by atoms with Crippen LogP contribution in [0.5, 0.6) is 11.5 Å². The van der Waals surface area contributed by atoms with Gasteiger partial charge in [0.2, 0.25) is 0 Å². The zero-order valence-electron chi connectivity index (χ0n) is 16.3. The molecule has 0 atom stereocenters. The second-order valence-corrected chi connectivity index (χ2v) is 8.18. The predicted molar refractivity (Wildman–Crippen MR) is 125 cm³/mol. The number of hydrazone groups is 1. The Morgan fingerprint density at radius 3 is 2.71 bits per heavy atom. The summed E-state index contributed by atoms with van der Waals surface area (Å²) >= 11 is 13.5. The number of carbonyl (C=O) groups excluding carboxylic acids is 1. The van der Waals surface area contributed by atoms with Crippen LogP contribution in [0, 0.1) is 12.3 Å². The molecule has 2 aliphatic heterocycles. The van der Waals surface area contributed by atoms with E-state index in [0.29, 0.717) is 45.5 Å². The van der Waals surface area contributed by atoms with E-state index in [1.807, 2.05) is 13.0 Å². The van der Waals surface area contributed by atoms with Crippen LogP contribution in [-0.4, -0.2) is 40.7 Å². The minimum Gasteiger partial charge on any atom is -0.490 e. The molecule has 0 bridgehead atoms. The maximum Gasteiger partial charge on any atom is 0.283 e. The van der Waals surface area contributed by atoms with Crippen molar-refractivity contribution >= 4 is 63.5 Å². The fourth-order valence-electron chi connectivity index (χ4n) is 2.85. The number of hydrogen-bond donors (Lipinski definition) is 1. The number of aryl methyl sites for hydroxylation is 1. The van der Waals surface area contributed by atoms with Crippen LogP contribution in [0.4, 0.5) is 0 Å². The molecule has 0 unspecified atom stereocenters. The van der Waals surface area contributed by atoms with E-state index in [0.717, 1.165) is 5.56 Å². The number of benzene rings is 2. The lowest BCUT2D eigenvalue weighted by Gasteiger charge is -2.20. The highest BCUT2D eigenvalue weighted by Gasteiger charge is 2.32. The molecule has 2 heterocycles. The summed E-state index contributed by atoms with van der Waals surface area (Å²) in [7, 11) is 0. The van der Waals surface area contributed by atoms with Gasteiger partial charge < -0.3 is 9.47 Å². The molecule has 0 aromatic heterocycles. The number of nitrogens with one attached hydrogen (secondary N) is 1. The molecule has 2 aromatic rings. The number of thioether (sulfide) groups is 1. The lowest BCUT2D eigenvalue weighted by molar-refractivity contribution is -0.114. The Balaban J connectivity index is 1.38. The van der Waals surface area contributed by atoms with Crippen molar-refractivity contribution in [2.75, 3.05) is 13.2 Å². The van der Waals surface area contributed by atoms with E-state index in [2.05, 4.69) is 10.1 Å². The molecule has 0 spiro atoms. The molecule has 1 N–H and O–H groups in total. The standard InChI is InChI=1S/C21H16Cl2N4O3S/c1-12-8-14(3-4-16(12)22)29-6-7-30-18-5-2-13(10-17(18)23)9-15-19(24)27-21(26-20(15)28)31-11-25-27/h2-5,8-11,24H,6-7H2,1H3/b15-9-,24-19?. The van der Waals surface area contributed by atoms with E-state index in [9.17, 15) is 4.79 Å². The van der Waals surface area contributed by atoms with Crippen molar-refractivity contribution in [3.05, 3.63) is 63.1 Å². The fraction of sp³-hybridized carbons (Fsp3) is 0.143. The van der Waals surface area contributed by atoms with Crippen LogP contribution in [-0.2, 0) is 4.79 Å². The van der Waals surface area contributed by atoms with Crippen molar-refractivity contribution in [2.24, 2.45) is 10.1 Å². The number of rotatable bonds is 6. The van der Waals surface area contributed by atoms with Gasteiger partial charge in [0.1, 0.15) is 24.7 Å². The van der Waals surface area contributed by atoms with Crippen molar-refractivity contribution in [1.82, 2.24) is 5.01 Å². The van der Waals surface area contributed by atoms with Crippen LogP contribution in [0.3, 0.4) is 0 Å². The third-order valence-electron chi connectivity index (χ3n) is 4.40. The van der Waals surface area contributed by atoms with Crippen LogP contribution < -0.4 is 9.47 Å². The quantitative estimate of drug-likeness (QED) is 0.469. The Morgan fingerprint density at radius 1 is 1.13 bits per heavy atom. The topological polar surface area (TPSA) is 87.3 Å². The Morgan fingerprint density at radius 2 is 1.94 bits per heavy atom. The Bertz CT molecular complexity index is 1160. The molecule has 10 heteroatoms. The first-order valence-electron chi connectivity index (χ1n) is 9.16. The van der Waals surface area contributed by atoms with Crippen molar-refractivity contribution < 1.29 is 14.3 Å². The molecule has 4 rings (SSSR count). The highest BCUT2D eigenvalue weighted by atomic mass is 35.5. The number of fused-ring (bicyclic) bond motifs is 1. The number of carbonyl (C=O) groups is 1. The van der Waals surface area contributed by atoms with Crippen LogP contribution >= 0.6 is 35.0 Å². The van der Waals surface area contributed by atoms with Gasteiger partial charge in [-0.1, -0.05) is 29.3 Å². The molecule has 0 saturated heterocycles. The van der Waals surface area contributed by atoms with Crippen LogP contribution in [0.15, 0.2) is 52.1 Å². The molecule has 0 saturated carbocycles. The minimum atomic E-state index is -0.486. The van der Waals surface area contributed by atoms with E-state index in [4.69, 9.17) is 38.1 Å². The SMILES string of the molecule is Cc1cc(OCCOc2ccc(/C=C3/C(=N)N4N=CSC4=NC3=O)cc2Cl)ccc1Cl. The molecule has 1 amide bonds. The van der Waals surface area contributed by atoms with Gasteiger partial charge in [0.15, 0.2) is 11.0 Å². The third-order valence-corrected chi connectivity index (χ3v) is 5.80. The number of aliphatic imine (C=N–C) groups is 1. The summed E-state index contributed by atoms with van der Waals surface area (Å²) in [5.41, 5.74) is 3.26. The number of amidine groups is 2. The van der Waals surface area contributed by atoms with Gasteiger partial charge in [-0.15, -0.1) is 0 Å². The zero-order chi connectivity index (χ0) is 22.0.